The lowest BCUT2D eigenvalue weighted by Gasteiger charge is -2.06. The fraction of sp³-hybridized carbons (Fsp3) is 0.0769. The summed E-state index contributed by atoms with van der Waals surface area (Å²) in [6.45, 7) is 0. The number of hydrogen-bond donors (Lipinski definition) is 1. The SMILES string of the molecule is COc1ccc(-c2cccc(N)c2)cc1Cl. The maximum absolute atomic E-state index is 6.06. The van der Waals surface area contributed by atoms with E-state index in [0.29, 0.717) is 10.8 Å². The second-order valence-corrected chi connectivity index (χ2v) is 3.88. The van der Waals surface area contributed by atoms with E-state index in [9.17, 15) is 0 Å². The third kappa shape index (κ3) is 2.12. The smallest absolute Gasteiger partial charge is 0.137 e. The Kier molecular flexibility index (Phi) is 3.02. The molecule has 16 heavy (non-hydrogen) atoms. The number of halogens is 1. The molecule has 0 aliphatic rings. The van der Waals surface area contributed by atoms with Gasteiger partial charge in [-0.25, -0.2) is 0 Å². The predicted molar refractivity (Wildman–Crippen MR) is 67.9 cm³/mol. The number of benzene rings is 2. The van der Waals surface area contributed by atoms with Gasteiger partial charge in [-0.15, -0.1) is 0 Å². The van der Waals surface area contributed by atoms with Crippen LogP contribution >= 0.6 is 11.6 Å². The van der Waals surface area contributed by atoms with E-state index in [1.165, 1.54) is 0 Å². The summed E-state index contributed by atoms with van der Waals surface area (Å²) >= 11 is 6.06. The van der Waals surface area contributed by atoms with Crippen molar-refractivity contribution in [3.8, 4) is 16.9 Å². The van der Waals surface area contributed by atoms with Crippen LogP contribution < -0.4 is 10.5 Å². The van der Waals surface area contributed by atoms with Gasteiger partial charge in [-0.05, 0) is 35.4 Å². The van der Waals surface area contributed by atoms with Crippen LogP contribution in [0.1, 0.15) is 0 Å². The average Bonchev–Trinajstić information content (AvgIpc) is 2.29. The van der Waals surface area contributed by atoms with Crippen LogP contribution in [-0.4, -0.2) is 7.11 Å². The predicted octanol–water partition coefficient (Wildman–Crippen LogP) is 3.60. The molecule has 0 saturated carbocycles. The summed E-state index contributed by atoms with van der Waals surface area (Å²) in [6.07, 6.45) is 0. The monoisotopic (exact) mass is 233 g/mol. The molecule has 0 unspecified atom stereocenters. The van der Waals surface area contributed by atoms with Crippen molar-refractivity contribution in [2.75, 3.05) is 12.8 Å². The third-order valence-electron chi connectivity index (χ3n) is 2.37. The topological polar surface area (TPSA) is 35.2 Å². The van der Waals surface area contributed by atoms with Crippen molar-refractivity contribution in [3.63, 3.8) is 0 Å². The van der Waals surface area contributed by atoms with Crippen molar-refractivity contribution in [2.45, 2.75) is 0 Å². The minimum absolute atomic E-state index is 0.599. The van der Waals surface area contributed by atoms with E-state index in [4.69, 9.17) is 22.1 Å². The quantitative estimate of drug-likeness (QED) is 0.805. The van der Waals surface area contributed by atoms with Gasteiger partial charge in [-0.3, -0.25) is 0 Å². The largest absolute Gasteiger partial charge is 0.495 e. The Labute approximate surface area is 99.6 Å². The molecule has 2 N–H and O–H groups in total. The van der Waals surface area contributed by atoms with Gasteiger partial charge in [0.05, 0.1) is 12.1 Å². The van der Waals surface area contributed by atoms with Gasteiger partial charge in [0, 0.05) is 5.69 Å². The van der Waals surface area contributed by atoms with Crippen LogP contribution in [0.4, 0.5) is 5.69 Å². The lowest BCUT2D eigenvalue weighted by Crippen LogP contribution is -1.87. The Morgan fingerprint density at radius 2 is 1.81 bits per heavy atom. The second kappa shape index (κ2) is 4.45. The first kappa shape index (κ1) is 10.8. The van der Waals surface area contributed by atoms with Crippen molar-refractivity contribution in [1.82, 2.24) is 0 Å². The van der Waals surface area contributed by atoms with Crippen LogP contribution in [0.3, 0.4) is 0 Å². The van der Waals surface area contributed by atoms with E-state index in [2.05, 4.69) is 0 Å². The summed E-state index contributed by atoms with van der Waals surface area (Å²) in [5.41, 5.74) is 8.54. The molecule has 2 aromatic carbocycles. The summed E-state index contributed by atoms with van der Waals surface area (Å²) in [4.78, 5) is 0. The van der Waals surface area contributed by atoms with Crippen molar-refractivity contribution in [3.05, 3.63) is 47.5 Å². The summed E-state index contributed by atoms with van der Waals surface area (Å²) in [5, 5.41) is 0.599. The highest BCUT2D eigenvalue weighted by atomic mass is 35.5. The molecule has 0 aliphatic heterocycles. The molecule has 0 spiro atoms. The molecule has 0 radical (unpaired) electrons. The first-order valence-corrected chi connectivity index (χ1v) is 5.28. The van der Waals surface area contributed by atoms with E-state index in [0.717, 1.165) is 16.8 Å². The molecule has 0 amide bonds. The number of ether oxygens (including phenoxy) is 1. The molecular weight excluding hydrogens is 222 g/mol. The van der Waals surface area contributed by atoms with Crippen molar-refractivity contribution in [2.24, 2.45) is 0 Å². The van der Waals surface area contributed by atoms with Crippen LogP contribution in [0, 0.1) is 0 Å². The number of anilines is 1. The van der Waals surface area contributed by atoms with Crippen LogP contribution in [0.15, 0.2) is 42.5 Å². The van der Waals surface area contributed by atoms with Gasteiger partial charge in [0.15, 0.2) is 0 Å². The molecule has 0 bridgehead atoms. The lowest BCUT2D eigenvalue weighted by molar-refractivity contribution is 0.415. The summed E-state index contributed by atoms with van der Waals surface area (Å²) in [7, 11) is 1.60. The Bertz CT molecular complexity index is 511. The van der Waals surface area contributed by atoms with Gasteiger partial charge in [0.1, 0.15) is 5.75 Å². The Hall–Kier alpha value is -1.67. The van der Waals surface area contributed by atoms with Crippen molar-refractivity contribution < 1.29 is 4.74 Å². The molecule has 2 rings (SSSR count). The van der Waals surface area contributed by atoms with E-state index in [1.807, 2.05) is 42.5 Å². The van der Waals surface area contributed by atoms with Gasteiger partial charge in [0.25, 0.3) is 0 Å². The van der Waals surface area contributed by atoms with Gasteiger partial charge >= 0.3 is 0 Å². The average molecular weight is 234 g/mol. The minimum Gasteiger partial charge on any atom is -0.495 e. The molecule has 0 atom stereocenters. The Morgan fingerprint density at radius 1 is 1.06 bits per heavy atom. The first-order valence-electron chi connectivity index (χ1n) is 4.90. The zero-order valence-electron chi connectivity index (χ0n) is 8.91. The van der Waals surface area contributed by atoms with Gasteiger partial charge < -0.3 is 10.5 Å². The van der Waals surface area contributed by atoms with Crippen LogP contribution in [0.5, 0.6) is 5.75 Å². The molecule has 3 heteroatoms. The number of rotatable bonds is 2. The highest BCUT2D eigenvalue weighted by molar-refractivity contribution is 6.32. The fourth-order valence-corrected chi connectivity index (χ4v) is 1.82. The van der Waals surface area contributed by atoms with Crippen molar-refractivity contribution >= 4 is 17.3 Å². The van der Waals surface area contributed by atoms with E-state index < -0.39 is 0 Å². The van der Waals surface area contributed by atoms with E-state index in [-0.39, 0.29) is 0 Å². The van der Waals surface area contributed by atoms with Crippen LogP contribution in [0.2, 0.25) is 5.02 Å². The molecule has 0 saturated heterocycles. The van der Waals surface area contributed by atoms with Crippen LogP contribution in [0.25, 0.3) is 11.1 Å². The lowest BCUT2D eigenvalue weighted by atomic mass is 10.1. The summed E-state index contributed by atoms with van der Waals surface area (Å²) in [5.74, 6) is 0.675. The number of methoxy groups -OCH3 is 1. The molecule has 82 valence electrons. The first-order chi connectivity index (χ1) is 7.70. The Balaban J connectivity index is 2.45. The number of nitrogen functional groups attached to an aromatic ring is 1. The summed E-state index contributed by atoms with van der Waals surface area (Å²) < 4.78 is 5.10. The number of hydrogen-bond acceptors (Lipinski definition) is 2. The van der Waals surface area contributed by atoms with Crippen LogP contribution in [-0.2, 0) is 0 Å². The molecule has 0 heterocycles. The molecule has 2 nitrogen and oxygen atoms in total. The fourth-order valence-electron chi connectivity index (χ4n) is 1.56. The summed E-state index contributed by atoms with van der Waals surface area (Å²) in [6, 6.07) is 13.4. The maximum Gasteiger partial charge on any atom is 0.137 e. The highest BCUT2D eigenvalue weighted by Crippen LogP contribution is 2.30. The van der Waals surface area contributed by atoms with Gasteiger partial charge in [-0.2, -0.15) is 0 Å². The molecule has 2 aromatic rings. The zero-order chi connectivity index (χ0) is 11.5. The van der Waals surface area contributed by atoms with E-state index in [1.54, 1.807) is 7.11 Å². The Morgan fingerprint density at radius 3 is 2.44 bits per heavy atom. The standard InChI is InChI=1S/C13H12ClNO/c1-16-13-6-5-10(8-12(13)14)9-3-2-4-11(15)7-9/h2-8H,15H2,1H3. The molecule has 0 fully saturated rings. The molecule has 0 aliphatic carbocycles. The number of nitrogens with two attached hydrogens (primary N) is 1. The maximum atomic E-state index is 6.06. The zero-order valence-corrected chi connectivity index (χ0v) is 9.66. The third-order valence-corrected chi connectivity index (χ3v) is 2.67. The normalized spacial score (nSPS) is 10.1. The van der Waals surface area contributed by atoms with Gasteiger partial charge in [0.2, 0.25) is 0 Å². The highest BCUT2D eigenvalue weighted by Gasteiger charge is 2.03. The van der Waals surface area contributed by atoms with Crippen molar-refractivity contribution in [1.29, 1.82) is 0 Å². The second-order valence-electron chi connectivity index (χ2n) is 3.47. The molecule has 0 aromatic heterocycles. The van der Waals surface area contributed by atoms with Gasteiger partial charge in [-0.1, -0.05) is 29.8 Å². The minimum atomic E-state index is 0.599. The van der Waals surface area contributed by atoms with E-state index >= 15 is 0 Å². The molecular formula is C13H12ClNO.